The quantitative estimate of drug-likeness (QED) is 0.0706. The highest BCUT2D eigenvalue weighted by molar-refractivity contribution is 6.08. The topological polar surface area (TPSA) is 178 Å². The van der Waals surface area contributed by atoms with Gasteiger partial charge in [-0.2, -0.15) is 9.98 Å². The number of benzene rings is 3. The number of carbonyl (C=O) groups excluding carboxylic acids is 2. The predicted molar refractivity (Wildman–Crippen MR) is 186 cm³/mol. The number of hydrogen-bond donors (Lipinski definition) is 2. The van der Waals surface area contributed by atoms with Gasteiger partial charge in [0.15, 0.2) is 17.4 Å². The Labute approximate surface area is 293 Å². The number of esters is 1. The molecule has 0 fully saturated rings. The third-order valence-corrected chi connectivity index (χ3v) is 7.21. The van der Waals surface area contributed by atoms with Crippen molar-refractivity contribution >= 4 is 23.4 Å². The first-order valence-corrected chi connectivity index (χ1v) is 15.8. The molecule has 0 bridgehead atoms. The smallest absolute Gasteiger partial charge is 0.325 e. The lowest BCUT2D eigenvalue weighted by atomic mass is 9.98. The van der Waals surface area contributed by atoms with E-state index in [0.717, 1.165) is 0 Å². The van der Waals surface area contributed by atoms with Crippen LogP contribution in [0.15, 0.2) is 90.2 Å². The maximum Gasteiger partial charge on any atom is 0.325 e. The van der Waals surface area contributed by atoms with Crippen molar-refractivity contribution in [2.24, 2.45) is 16.1 Å². The number of aliphatic imine (C=N–C) groups is 1. The highest BCUT2D eigenvalue weighted by atomic mass is 19.1. The average Bonchev–Trinajstić information content (AvgIpc) is 3.56. The van der Waals surface area contributed by atoms with Crippen LogP contribution in [0.3, 0.4) is 0 Å². The Morgan fingerprint density at radius 2 is 1.69 bits per heavy atom. The number of nitrogens with one attached hydrogen (secondary N) is 1. The summed E-state index contributed by atoms with van der Waals surface area (Å²) in [6, 6.07) is 18.6. The molecular formula is C36H37FN8O6. The van der Waals surface area contributed by atoms with Crippen molar-refractivity contribution in [3.05, 3.63) is 114 Å². The van der Waals surface area contributed by atoms with Crippen molar-refractivity contribution in [3.63, 3.8) is 0 Å². The van der Waals surface area contributed by atoms with Gasteiger partial charge in [-0.3, -0.25) is 9.59 Å². The van der Waals surface area contributed by atoms with Crippen LogP contribution in [-0.4, -0.2) is 63.0 Å². The molecule has 0 aliphatic carbocycles. The number of rotatable bonds is 13. The molecule has 3 N–H and O–H groups in total. The molecule has 5 aromatic rings. The monoisotopic (exact) mass is 696 g/mol. The highest BCUT2D eigenvalue weighted by Crippen LogP contribution is 2.36. The van der Waals surface area contributed by atoms with E-state index in [-0.39, 0.29) is 41.5 Å². The number of carbonyl (C=O) groups is 2. The minimum atomic E-state index is -1.08. The van der Waals surface area contributed by atoms with Gasteiger partial charge in [-0.15, -0.1) is 9.78 Å². The van der Waals surface area contributed by atoms with E-state index in [9.17, 15) is 9.59 Å². The molecule has 14 nitrogen and oxygen atoms in total. The van der Waals surface area contributed by atoms with Crippen LogP contribution in [0.1, 0.15) is 61.0 Å². The van der Waals surface area contributed by atoms with Crippen LogP contribution >= 0.6 is 0 Å². The molecule has 15 heteroatoms. The Morgan fingerprint density at radius 1 is 0.980 bits per heavy atom. The Bertz CT molecular complexity index is 2000. The van der Waals surface area contributed by atoms with Gasteiger partial charge in [-0.1, -0.05) is 18.2 Å². The fraction of sp³-hybridized carbons (Fsp3) is 0.250. The summed E-state index contributed by atoms with van der Waals surface area (Å²) in [5, 5.41) is 7.88. The molecule has 5 rings (SSSR count). The molecule has 51 heavy (non-hydrogen) atoms. The number of amidine groups is 1. The van der Waals surface area contributed by atoms with Crippen LogP contribution in [-0.2, 0) is 9.53 Å². The van der Waals surface area contributed by atoms with Crippen molar-refractivity contribution in [2.75, 3.05) is 25.8 Å². The molecule has 264 valence electrons. The molecule has 0 aliphatic rings. The SMILES string of the molecule is CCOc1cc(OC)cc([C@@H](Nc2ccc(C(N)=NC(=O)c3ccccc3)cc2)c2nc(OCOC(=O)C(C)(C)C)n(-c3ncccn3)n2)c1F. The van der Waals surface area contributed by atoms with E-state index in [1.54, 1.807) is 88.4 Å². The van der Waals surface area contributed by atoms with E-state index >= 15 is 4.39 Å². The lowest BCUT2D eigenvalue weighted by Crippen LogP contribution is -2.25. The average molecular weight is 697 g/mol. The van der Waals surface area contributed by atoms with Crippen LogP contribution in [0, 0.1) is 11.2 Å². The highest BCUT2D eigenvalue weighted by Gasteiger charge is 2.29. The van der Waals surface area contributed by atoms with Gasteiger partial charge in [-0.25, -0.2) is 14.4 Å². The van der Waals surface area contributed by atoms with Crippen LogP contribution in [0.25, 0.3) is 5.95 Å². The normalized spacial score (nSPS) is 12.2. The Hall–Kier alpha value is -6.38. The van der Waals surface area contributed by atoms with Gasteiger partial charge in [-0.05, 0) is 76.2 Å². The number of anilines is 1. The Morgan fingerprint density at radius 3 is 2.33 bits per heavy atom. The van der Waals surface area contributed by atoms with E-state index in [1.807, 2.05) is 0 Å². The summed E-state index contributed by atoms with van der Waals surface area (Å²) in [7, 11) is 1.45. The Kier molecular flexibility index (Phi) is 11.2. The largest absolute Gasteiger partial charge is 0.497 e. The number of amides is 1. The van der Waals surface area contributed by atoms with E-state index in [2.05, 4.69) is 30.4 Å². The summed E-state index contributed by atoms with van der Waals surface area (Å²) >= 11 is 0. The second kappa shape index (κ2) is 15.9. The van der Waals surface area contributed by atoms with E-state index in [1.165, 1.54) is 36.3 Å². The summed E-state index contributed by atoms with van der Waals surface area (Å²) in [5.41, 5.74) is 6.86. The molecule has 0 unspecified atom stereocenters. The lowest BCUT2D eigenvalue weighted by molar-refractivity contribution is -0.160. The molecule has 0 aliphatic heterocycles. The van der Waals surface area contributed by atoms with Crippen molar-refractivity contribution in [1.82, 2.24) is 24.7 Å². The van der Waals surface area contributed by atoms with Gasteiger partial charge in [0, 0.05) is 40.8 Å². The summed E-state index contributed by atoms with van der Waals surface area (Å²) in [4.78, 5) is 42.1. The standard InChI is InChI=1S/C36H37FN8O6/c1-6-49-27-20-25(48-5)19-26(28(27)37)29(41-24-15-13-22(14-16-24)30(38)42-32(46)23-11-8-7-9-12-23)31-43-35(51-21-50-33(47)36(2,3)4)45(44-31)34-39-17-10-18-40-34/h7-20,29,41H,6,21H2,1-5H3,(H2,38,42,46)/t29-/m1/s1. The van der Waals surface area contributed by atoms with Crippen molar-refractivity contribution in [1.29, 1.82) is 0 Å². The number of aromatic nitrogens is 5. The van der Waals surface area contributed by atoms with Crippen LogP contribution in [0.2, 0.25) is 0 Å². The first kappa shape index (κ1) is 35.9. The lowest BCUT2D eigenvalue weighted by Gasteiger charge is -2.20. The molecular weight excluding hydrogens is 659 g/mol. The molecule has 1 amide bonds. The third-order valence-electron chi connectivity index (χ3n) is 7.21. The molecule has 0 saturated carbocycles. The second-order valence-corrected chi connectivity index (χ2v) is 11.9. The fourth-order valence-electron chi connectivity index (χ4n) is 4.60. The molecule has 2 heterocycles. The molecule has 3 aromatic carbocycles. The zero-order valence-electron chi connectivity index (χ0n) is 28.7. The number of halogens is 1. The van der Waals surface area contributed by atoms with Gasteiger partial charge in [0.2, 0.25) is 6.79 Å². The summed E-state index contributed by atoms with van der Waals surface area (Å²) in [5.74, 6) is -1.24. The van der Waals surface area contributed by atoms with Crippen LogP contribution in [0.5, 0.6) is 17.5 Å². The second-order valence-electron chi connectivity index (χ2n) is 11.9. The predicted octanol–water partition coefficient (Wildman–Crippen LogP) is 5.28. The number of methoxy groups -OCH3 is 1. The first-order valence-electron chi connectivity index (χ1n) is 15.8. The Balaban J connectivity index is 1.54. The van der Waals surface area contributed by atoms with Gasteiger partial charge in [0.05, 0.1) is 19.1 Å². The maximum absolute atomic E-state index is 16.2. The van der Waals surface area contributed by atoms with Crippen molar-refractivity contribution in [2.45, 2.75) is 33.7 Å². The van der Waals surface area contributed by atoms with E-state index in [4.69, 9.17) is 24.7 Å². The van der Waals surface area contributed by atoms with E-state index < -0.39 is 35.9 Å². The number of nitrogens with zero attached hydrogens (tertiary/aromatic N) is 6. The first-order chi connectivity index (χ1) is 24.5. The van der Waals surface area contributed by atoms with Gasteiger partial charge >= 0.3 is 12.0 Å². The van der Waals surface area contributed by atoms with Crippen LogP contribution < -0.4 is 25.3 Å². The minimum Gasteiger partial charge on any atom is -0.497 e. The maximum atomic E-state index is 16.2. The zero-order chi connectivity index (χ0) is 36.5. The van der Waals surface area contributed by atoms with Gasteiger partial charge in [0.1, 0.15) is 17.6 Å². The molecule has 0 saturated heterocycles. The zero-order valence-corrected chi connectivity index (χ0v) is 28.7. The third kappa shape index (κ3) is 8.81. The molecule has 0 spiro atoms. The number of nitrogens with two attached hydrogens (primary N) is 1. The van der Waals surface area contributed by atoms with Crippen LogP contribution in [0.4, 0.5) is 10.1 Å². The van der Waals surface area contributed by atoms with Gasteiger partial charge < -0.3 is 30.0 Å². The molecule has 1 atom stereocenters. The summed E-state index contributed by atoms with van der Waals surface area (Å²) in [6.07, 6.45) is 3.01. The van der Waals surface area contributed by atoms with Gasteiger partial charge in [0.25, 0.3) is 11.9 Å². The number of ether oxygens (including phenoxy) is 4. The summed E-state index contributed by atoms with van der Waals surface area (Å²) in [6.45, 7) is 6.57. The van der Waals surface area contributed by atoms with E-state index in [0.29, 0.717) is 22.6 Å². The molecule has 2 aromatic heterocycles. The molecule has 0 radical (unpaired) electrons. The number of hydrogen-bond acceptors (Lipinski definition) is 11. The fourth-order valence-corrected chi connectivity index (χ4v) is 4.60. The summed E-state index contributed by atoms with van der Waals surface area (Å²) < 4.78 is 39.5. The van der Waals surface area contributed by atoms with Crippen molar-refractivity contribution in [3.8, 4) is 23.5 Å². The minimum absolute atomic E-state index is 0.0179. The van der Waals surface area contributed by atoms with Crippen molar-refractivity contribution < 1.29 is 32.9 Å².